The van der Waals surface area contributed by atoms with Crippen molar-refractivity contribution in [3.8, 4) is 0 Å². The number of carbonyl (C=O) groups is 4. The van der Waals surface area contributed by atoms with Crippen LogP contribution >= 0.6 is 23.2 Å². The van der Waals surface area contributed by atoms with Gasteiger partial charge in [-0.15, -0.1) is 11.6 Å². The van der Waals surface area contributed by atoms with Crippen LogP contribution in [0.2, 0.25) is 5.28 Å². The molecule has 0 saturated carbocycles. The van der Waals surface area contributed by atoms with Crippen molar-refractivity contribution in [3.63, 3.8) is 0 Å². The molecular weight excluding hydrogens is 613 g/mol. The minimum absolute atomic E-state index is 0.00956. The van der Waals surface area contributed by atoms with Crippen molar-refractivity contribution in [1.29, 1.82) is 0 Å². The van der Waals surface area contributed by atoms with Crippen LogP contribution in [0, 0.1) is 0 Å². The lowest BCUT2D eigenvalue weighted by atomic mass is 10.2. The molecule has 3 heterocycles. The van der Waals surface area contributed by atoms with E-state index in [0.717, 1.165) is 6.92 Å². The van der Waals surface area contributed by atoms with Crippen molar-refractivity contribution in [2.45, 2.75) is 96.5 Å². The first kappa shape index (κ1) is 34.4. The highest BCUT2D eigenvalue weighted by atomic mass is 35.5. The summed E-state index contributed by atoms with van der Waals surface area (Å²) in [6.07, 6.45) is -6.01. The summed E-state index contributed by atoms with van der Waals surface area (Å²) < 4.78 is 28.4. The molecule has 2 amide bonds. The number of hydrogen-bond acceptors (Lipinski definition) is 13. The predicted octanol–water partition coefficient (Wildman–Crippen LogP) is 3.56. The number of halogens is 2. The molecule has 1 aliphatic heterocycles. The van der Waals surface area contributed by atoms with Gasteiger partial charge < -0.3 is 28.8 Å². The van der Waals surface area contributed by atoms with Gasteiger partial charge in [-0.05, 0) is 67.0 Å². The number of hydrogen-bond donors (Lipinski definition) is 1. The molecule has 0 radical (unpaired) electrons. The third-order valence-electron chi connectivity index (χ3n) is 5.60. The molecule has 0 aromatic carbocycles. The fourth-order valence-electron chi connectivity index (χ4n) is 3.91. The normalized spacial score (nSPS) is 21.4. The monoisotopic (exact) mass is 647 g/mol. The number of carbonyl (C=O) groups excluding carboxylic acids is 4. The average Bonchev–Trinajstić information content (AvgIpc) is 3.38. The zero-order valence-corrected chi connectivity index (χ0v) is 26.5. The maximum Gasteiger partial charge on any atom is 0.425 e. The molecule has 1 aliphatic rings. The van der Waals surface area contributed by atoms with E-state index in [4.69, 9.17) is 46.9 Å². The van der Waals surface area contributed by atoms with Gasteiger partial charge in [0.05, 0.1) is 19.5 Å². The second-order valence-corrected chi connectivity index (χ2v) is 12.4. The lowest BCUT2D eigenvalue weighted by Gasteiger charge is -2.28. The Bertz CT molecular complexity index is 1340. The Morgan fingerprint density at radius 1 is 1.09 bits per heavy atom. The Hall–Kier alpha value is -3.11. The lowest BCUT2D eigenvalue weighted by Crippen LogP contribution is -2.44. The Balaban J connectivity index is 1.98. The van der Waals surface area contributed by atoms with E-state index in [-0.39, 0.29) is 35.5 Å². The molecule has 0 spiro atoms. The van der Waals surface area contributed by atoms with E-state index in [1.54, 1.807) is 48.5 Å². The highest BCUT2D eigenvalue weighted by molar-refractivity contribution is 6.29. The van der Waals surface area contributed by atoms with Gasteiger partial charge in [0.15, 0.2) is 29.0 Å². The van der Waals surface area contributed by atoms with E-state index in [1.807, 2.05) is 0 Å². The van der Waals surface area contributed by atoms with Crippen LogP contribution in [0.1, 0.15) is 61.6 Å². The highest BCUT2D eigenvalue weighted by Gasteiger charge is 2.46. The Morgan fingerprint density at radius 3 is 2.19 bits per heavy atom. The maximum atomic E-state index is 13.2. The van der Waals surface area contributed by atoms with Crippen LogP contribution < -0.4 is 4.90 Å². The summed E-state index contributed by atoms with van der Waals surface area (Å²) in [7, 11) is 0. The van der Waals surface area contributed by atoms with Crippen LogP contribution in [-0.2, 0) is 33.3 Å². The first-order valence-corrected chi connectivity index (χ1v) is 14.1. The minimum Gasteiger partial charge on any atom is -0.464 e. The molecule has 1 N–H and O–H groups in total. The zero-order chi connectivity index (χ0) is 32.4. The van der Waals surface area contributed by atoms with Gasteiger partial charge >= 0.3 is 18.2 Å². The number of anilines is 1. The Morgan fingerprint density at radius 2 is 1.67 bits per heavy atom. The molecule has 17 heteroatoms. The number of rotatable bonds is 8. The maximum absolute atomic E-state index is 13.2. The van der Waals surface area contributed by atoms with E-state index in [9.17, 15) is 24.3 Å². The zero-order valence-electron chi connectivity index (χ0n) is 25.0. The molecule has 1 fully saturated rings. The van der Waals surface area contributed by atoms with Crippen LogP contribution in [0.4, 0.5) is 15.4 Å². The number of aliphatic hydroxyl groups is 1. The van der Waals surface area contributed by atoms with Gasteiger partial charge in [-0.1, -0.05) is 0 Å². The number of amides is 2. The van der Waals surface area contributed by atoms with Gasteiger partial charge in [0.2, 0.25) is 11.4 Å². The van der Waals surface area contributed by atoms with E-state index in [1.165, 1.54) is 10.9 Å². The largest absolute Gasteiger partial charge is 0.464 e. The van der Waals surface area contributed by atoms with Gasteiger partial charge in [-0.25, -0.2) is 19.4 Å². The number of ketones is 1. The van der Waals surface area contributed by atoms with Crippen LogP contribution in [0.25, 0.3) is 11.2 Å². The fraction of sp³-hybridized carbons (Fsp3) is 0.654. The topological polar surface area (TPSA) is 182 Å². The highest BCUT2D eigenvalue weighted by Crippen LogP contribution is 2.37. The SMILES string of the molecule is CCOC(=O)C(OC[C@H]1O[C@@H](n2cnc3c(N(C(=O)OC(C)(C)C)C(=O)OC(C)(C)C)nc(Cl)nc32)[C@@H](Cl)[C@@H]1O)C(C)=O. The summed E-state index contributed by atoms with van der Waals surface area (Å²) in [5.41, 5.74) is -2.05. The van der Waals surface area contributed by atoms with Gasteiger partial charge in [-0.3, -0.25) is 9.36 Å². The molecule has 1 saturated heterocycles. The number of nitrogens with zero attached hydrogens (tertiary/aromatic N) is 5. The number of aliphatic hydroxyl groups excluding tert-OH is 1. The number of aromatic nitrogens is 4. The molecule has 3 rings (SSSR count). The molecule has 43 heavy (non-hydrogen) atoms. The fourth-order valence-corrected chi connectivity index (χ4v) is 4.41. The standard InChI is InChI=1S/C26H35Cl2N5O10/c1-9-39-21(36)17(12(2)34)40-10-13-16(35)14(27)20(41-13)32-11-29-15-18(32)30-22(28)31-19(15)33(23(37)42-25(3,4)5)24(38)43-26(6,7)8/h11,13-14,16-17,20,35H,9-10H2,1-8H3/t13-,14+,16-,17?,20-/m1/s1. The summed E-state index contributed by atoms with van der Waals surface area (Å²) in [6.45, 7) is 12.1. The summed E-state index contributed by atoms with van der Waals surface area (Å²) in [4.78, 5) is 63.5. The van der Waals surface area contributed by atoms with Crippen molar-refractivity contribution in [1.82, 2.24) is 19.5 Å². The molecule has 5 atom stereocenters. The second kappa shape index (κ2) is 13.3. The third kappa shape index (κ3) is 8.29. The van der Waals surface area contributed by atoms with Crippen molar-refractivity contribution in [2.24, 2.45) is 0 Å². The van der Waals surface area contributed by atoms with Crippen molar-refractivity contribution in [3.05, 3.63) is 11.6 Å². The molecule has 0 aliphatic carbocycles. The van der Waals surface area contributed by atoms with Gasteiger partial charge in [-0.2, -0.15) is 14.9 Å². The number of imide groups is 1. The quantitative estimate of drug-likeness (QED) is 0.144. The van der Waals surface area contributed by atoms with E-state index in [0.29, 0.717) is 4.90 Å². The molecule has 2 aromatic rings. The number of imidazole rings is 1. The minimum atomic E-state index is -1.52. The summed E-state index contributed by atoms with van der Waals surface area (Å²) in [5, 5.41) is 9.32. The van der Waals surface area contributed by atoms with Crippen molar-refractivity contribution in [2.75, 3.05) is 18.1 Å². The lowest BCUT2D eigenvalue weighted by molar-refractivity contribution is -0.164. The number of Topliss-reactive ketones (excluding diaryl/α,β-unsaturated/α-hetero) is 1. The molecule has 2 aromatic heterocycles. The molecule has 15 nitrogen and oxygen atoms in total. The first-order valence-electron chi connectivity index (χ1n) is 13.3. The first-order chi connectivity index (χ1) is 19.8. The number of ether oxygens (including phenoxy) is 5. The molecule has 238 valence electrons. The molecule has 1 unspecified atom stereocenters. The van der Waals surface area contributed by atoms with Gasteiger partial charge in [0.25, 0.3) is 0 Å². The smallest absolute Gasteiger partial charge is 0.425 e. The van der Waals surface area contributed by atoms with Crippen LogP contribution in [-0.4, -0.2) is 96.7 Å². The number of fused-ring (bicyclic) bond motifs is 1. The van der Waals surface area contributed by atoms with Gasteiger partial charge in [0, 0.05) is 0 Å². The third-order valence-corrected chi connectivity index (χ3v) is 6.25. The van der Waals surface area contributed by atoms with Crippen LogP contribution in [0.3, 0.4) is 0 Å². The summed E-state index contributed by atoms with van der Waals surface area (Å²) in [6, 6.07) is 0. The summed E-state index contributed by atoms with van der Waals surface area (Å²) >= 11 is 12.8. The number of esters is 1. The molecule has 0 bridgehead atoms. The predicted molar refractivity (Wildman–Crippen MR) is 152 cm³/mol. The summed E-state index contributed by atoms with van der Waals surface area (Å²) in [5.74, 6) is -1.80. The van der Waals surface area contributed by atoms with E-state index < -0.39 is 65.1 Å². The van der Waals surface area contributed by atoms with E-state index in [2.05, 4.69) is 15.0 Å². The Labute approximate surface area is 257 Å². The number of alkyl halides is 1. The average molecular weight is 648 g/mol. The van der Waals surface area contributed by atoms with Crippen LogP contribution in [0.5, 0.6) is 0 Å². The second-order valence-electron chi connectivity index (χ2n) is 11.5. The van der Waals surface area contributed by atoms with E-state index >= 15 is 0 Å². The Kier molecular flexibility index (Phi) is 10.6. The van der Waals surface area contributed by atoms with Gasteiger partial charge in [0.1, 0.15) is 28.8 Å². The van der Waals surface area contributed by atoms with Crippen LogP contribution in [0.15, 0.2) is 6.33 Å². The molecular formula is C26H35Cl2N5O10. The van der Waals surface area contributed by atoms with Crippen molar-refractivity contribution < 1.29 is 48.0 Å². The van der Waals surface area contributed by atoms with Crippen molar-refractivity contribution >= 4 is 64.1 Å².